The minimum absolute atomic E-state index is 0.0711. The van der Waals surface area contributed by atoms with E-state index in [1.165, 1.54) is 6.07 Å². The van der Waals surface area contributed by atoms with E-state index in [1.54, 1.807) is 49.6 Å². The number of nitro benzene ring substituents is 1. The fourth-order valence-corrected chi connectivity index (χ4v) is 2.54. The molecule has 0 saturated carbocycles. The lowest BCUT2D eigenvalue weighted by atomic mass is 10.1. The zero-order chi connectivity index (χ0) is 18.8. The summed E-state index contributed by atoms with van der Waals surface area (Å²) >= 11 is 0. The third-order valence-corrected chi connectivity index (χ3v) is 3.87. The summed E-state index contributed by atoms with van der Waals surface area (Å²) in [6.45, 7) is 8.49. The Morgan fingerprint density at radius 1 is 1.12 bits per heavy atom. The Kier molecular flexibility index (Phi) is 5.30. The second-order valence-corrected chi connectivity index (χ2v) is 7.02. The predicted octanol–water partition coefficient (Wildman–Crippen LogP) is 2.60. The number of rotatable bonds is 2. The first-order valence-corrected chi connectivity index (χ1v) is 8.11. The van der Waals surface area contributed by atoms with Crippen LogP contribution in [0, 0.1) is 17.0 Å². The number of carbonyl (C=O) groups is 2. The summed E-state index contributed by atoms with van der Waals surface area (Å²) in [5.74, 6) is -0.271. The van der Waals surface area contributed by atoms with E-state index in [9.17, 15) is 19.7 Å². The summed E-state index contributed by atoms with van der Waals surface area (Å²) < 4.78 is 5.32. The smallest absolute Gasteiger partial charge is 0.410 e. The van der Waals surface area contributed by atoms with Crippen LogP contribution in [0.2, 0.25) is 0 Å². The molecule has 0 spiro atoms. The van der Waals surface area contributed by atoms with E-state index in [1.807, 2.05) is 0 Å². The minimum atomic E-state index is -0.565. The molecule has 2 rings (SSSR count). The average molecular weight is 349 g/mol. The number of amides is 2. The standard InChI is InChI=1S/C17H23N3O5/c1-12-5-6-13(11-14(12)20(23)24)15(21)18-7-9-19(10-8-18)16(22)25-17(2,3)4/h5-6,11H,7-10H2,1-4H3. The number of hydrogen-bond acceptors (Lipinski definition) is 5. The molecule has 1 aromatic rings. The summed E-state index contributed by atoms with van der Waals surface area (Å²) in [5.41, 5.74) is 0.155. The largest absolute Gasteiger partial charge is 0.444 e. The van der Waals surface area contributed by atoms with Gasteiger partial charge in [0.2, 0.25) is 0 Å². The molecule has 136 valence electrons. The van der Waals surface area contributed by atoms with E-state index >= 15 is 0 Å². The number of piperazine rings is 1. The third kappa shape index (κ3) is 4.68. The van der Waals surface area contributed by atoms with E-state index < -0.39 is 16.6 Å². The van der Waals surface area contributed by atoms with Crippen LogP contribution in [0.1, 0.15) is 36.7 Å². The van der Waals surface area contributed by atoms with Crippen molar-refractivity contribution in [1.29, 1.82) is 0 Å². The Bertz CT molecular complexity index is 688. The van der Waals surface area contributed by atoms with Crippen LogP contribution in [0.5, 0.6) is 0 Å². The van der Waals surface area contributed by atoms with Crippen molar-refractivity contribution in [3.05, 3.63) is 39.4 Å². The number of hydrogen-bond donors (Lipinski definition) is 0. The molecule has 1 saturated heterocycles. The number of nitro groups is 1. The van der Waals surface area contributed by atoms with E-state index in [0.29, 0.717) is 31.7 Å². The molecule has 8 heteroatoms. The van der Waals surface area contributed by atoms with Gasteiger partial charge in [-0.3, -0.25) is 14.9 Å². The SMILES string of the molecule is Cc1ccc(C(=O)N2CCN(C(=O)OC(C)(C)C)CC2)cc1[N+](=O)[O-]. The Morgan fingerprint density at radius 2 is 1.68 bits per heavy atom. The highest BCUT2D eigenvalue weighted by Gasteiger charge is 2.28. The van der Waals surface area contributed by atoms with Crippen molar-refractivity contribution >= 4 is 17.7 Å². The first-order valence-electron chi connectivity index (χ1n) is 8.11. The lowest BCUT2D eigenvalue weighted by molar-refractivity contribution is -0.385. The molecule has 0 aliphatic carbocycles. The number of carbonyl (C=O) groups excluding carboxylic acids is 2. The van der Waals surface area contributed by atoms with E-state index in [4.69, 9.17) is 4.74 Å². The van der Waals surface area contributed by atoms with Crippen LogP contribution in [0.15, 0.2) is 18.2 Å². The Morgan fingerprint density at radius 3 is 2.20 bits per heavy atom. The maximum Gasteiger partial charge on any atom is 0.410 e. The van der Waals surface area contributed by atoms with Crippen molar-refractivity contribution in [1.82, 2.24) is 9.80 Å². The van der Waals surface area contributed by atoms with Crippen LogP contribution in [0.3, 0.4) is 0 Å². The summed E-state index contributed by atoms with van der Waals surface area (Å²) in [6, 6.07) is 4.46. The van der Waals surface area contributed by atoms with Gasteiger partial charge in [-0.25, -0.2) is 4.79 Å². The van der Waals surface area contributed by atoms with Crippen LogP contribution in [-0.2, 0) is 4.74 Å². The van der Waals surface area contributed by atoms with Crippen LogP contribution < -0.4 is 0 Å². The molecule has 25 heavy (non-hydrogen) atoms. The molecular formula is C17H23N3O5. The Hall–Kier alpha value is -2.64. The van der Waals surface area contributed by atoms with Crippen LogP contribution in [0.25, 0.3) is 0 Å². The molecule has 1 aromatic carbocycles. The van der Waals surface area contributed by atoms with Gasteiger partial charge in [-0.05, 0) is 33.8 Å². The molecule has 1 heterocycles. The van der Waals surface area contributed by atoms with Gasteiger partial charge in [0.1, 0.15) is 5.60 Å². The number of ether oxygens (including phenoxy) is 1. The van der Waals surface area contributed by atoms with E-state index in [0.717, 1.165) is 0 Å². The normalized spacial score (nSPS) is 15.0. The Labute approximate surface area is 146 Å². The quantitative estimate of drug-likeness (QED) is 0.604. The summed E-state index contributed by atoms with van der Waals surface area (Å²) in [7, 11) is 0. The van der Waals surface area contributed by atoms with Gasteiger partial charge in [0.25, 0.3) is 11.6 Å². The lowest BCUT2D eigenvalue weighted by Gasteiger charge is -2.35. The first-order chi connectivity index (χ1) is 11.6. The maximum absolute atomic E-state index is 12.6. The average Bonchev–Trinajstić information content (AvgIpc) is 2.53. The number of nitrogens with zero attached hydrogens (tertiary/aromatic N) is 3. The predicted molar refractivity (Wildman–Crippen MR) is 91.5 cm³/mol. The van der Waals surface area contributed by atoms with Crippen molar-refractivity contribution < 1.29 is 19.2 Å². The molecule has 0 bridgehead atoms. The van der Waals surface area contributed by atoms with Gasteiger partial charge >= 0.3 is 6.09 Å². The molecule has 2 amide bonds. The van der Waals surface area contributed by atoms with Gasteiger partial charge in [0.15, 0.2) is 0 Å². The zero-order valence-electron chi connectivity index (χ0n) is 14.9. The molecular weight excluding hydrogens is 326 g/mol. The number of aryl methyl sites for hydroxylation is 1. The van der Waals surface area contributed by atoms with Crippen molar-refractivity contribution in [2.45, 2.75) is 33.3 Å². The fraction of sp³-hybridized carbons (Fsp3) is 0.529. The van der Waals surface area contributed by atoms with Gasteiger partial charge in [0, 0.05) is 43.4 Å². The Balaban J connectivity index is 2.01. The van der Waals surface area contributed by atoms with Crippen molar-refractivity contribution in [3.63, 3.8) is 0 Å². The third-order valence-electron chi connectivity index (χ3n) is 3.87. The highest BCUT2D eigenvalue weighted by atomic mass is 16.6. The number of benzene rings is 1. The minimum Gasteiger partial charge on any atom is -0.444 e. The zero-order valence-corrected chi connectivity index (χ0v) is 14.9. The molecule has 0 N–H and O–H groups in total. The van der Waals surface area contributed by atoms with E-state index in [2.05, 4.69) is 0 Å². The molecule has 1 aliphatic rings. The second kappa shape index (κ2) is 7.08. The van der Waals surface area contributed by atoms with Crippen molar-refractivity contribution in [3.8, 4) is 0 Å². The van der Waals surface area contributed by atoms with Crippen molar-refractivity contribution in [2.24, 2.45) is 0 Å². The molecule has 1 aliphatic heterocycles. The lowest BCUT2D eigenvalue weighted by Crippen LogP contribution is -2.51. The van der Waals surface area contributed by atoms with Crippen LogP contribution >= 0.6 is 0 Å². The van der Waals surface area contributed by atoms with Gasteiger partial charge in [-0.1, -0.05) is 6.07 Å². The topological polar surface area (TPSA) is 93.0 Å². The molecule has 8 nitrogen and oxygen atoms in total. The van der Waals surface area contributed by atoms with Gasteiger partial charge in [0.05, 0.1) is 4.92 Å². The first kappa shape index (κ1) is 18.7. The highest BCUT2D eigenvalue weighted by Crippen LogP contribution is 2.21. The van der Waals surface area contributed by atoms with E-state index in [-0.39, 0.29) is 17.2 Å². The highest BCUT2D eigenvalue weighted by molar-refractivity contribution is 5.95. The molecule has 0 aromatic heterocycles. The van der Waals surface area contributed by atoms with Gasteiger partial charge in [-0.15, -0.1) is 0 Å². The fourth-order valence-electron chi connectivity index (χ4n) is 2.54. The molecule has 1 fully saturated rings. The van der Waals surface area contributed by atoms with Crippen LogP contribution in [0.4, 0.5) is 10.5 Å². The van der Waals surface area contributed by atoms with Gasteiger partial charge < -0.3 is 14.5 Å². The molecule has 0 atom stereocenters. The monoisotopic (exact) mass is 349 g/mol. The second-order valence-electron chi connectivity index (χ2n) is 7.02. The summed E-state index contributed by atoms with van der Waals surface area (Å²) in [6.07, 6.45) is -0.398. The molecule has 0 radical (unpaired) electrons. The summed E-state index contributed by atoms with van der Waals surface area (Å²) in [5, 5.41) is 11.0. The maximum atomic E-state index is 12.6. The summed E-state index contributed by atoms with van der Waals surface area (Å²) in [4.78, 5) is 38.3. The van der Waals surface area contributed by atoms with Crippen LogP contribution in [-0.4, -0.2) is 58.5 Å². The van der Waals surface area contributed by atoms with Gasteiger partial charge in [-0.2, -0.15) is 0 Å². The van der Waals surface area contributed by atoms with Crippen molar-refractivity contribution in [2.75, 3.05) is 26.2 Å². The molecule has 0 unspecified atom stereocenters.